The van der Waals surface area contributed by atoms with E-state index in [2.05, 4.69) is 22.4 Å². The number of nitro groups is 1. The number of methoxy groups -OCH3 is 1. The van der Waals surface area contributed by atoms with E-state index in [-0.39, 0.29) is 17.3 Å². The Morgan fingerprint density at radius 2 is 1.87 bits per heavy atom. The van der Waals surface area contributed by atoms with Crippen LogP contribution in [0.25, 0.3) is 11.4 Å². The maximum Gasteiger partial charge on any atom is 0.269 e. The van der Waals surface area contributed by atoms with Gasteiger partial charge in [-0.15, -0.1) is 10.2 Å². The molecule has 0 saturated heterocycles. The van der Waals surface area contributed by atoms with Crippen LogP contribution in [0.1, 0.15) is 19.8 Å². The molecular formula is C21H23N5O4S. The molecular weight excluding hydrogens is 418 g/mol. The van der Waals surface area contributed by atoms with E-state index in [9.17, 15) is 14.9 Å². The average molecular weight is 442 g/mol. The topological polar surface area (TPSA) is 112 Å². The van der Waals surface area contributed by atoms with Crippen molar-refractivity contribution in [3.05, 3.63) is 58.6 Å². The number of hydrogen-bond acceptors (Lipinski definition) is 7. The number of unbranched alkanes of at least 4 members (excludes halogenated alkanes) is 1. The second kappa shape index (κ2) is 10.6. The SMILES string of the molecule is CCCCn1c(SCC(=O)Nc2ccc([N+](=O)[O-])cc2)nnc1-c1ccc(OC)cc1. The fraction of sp³-hybridized carbons (Fsp3) is 0.286. The quantitative estimate of drug-likeness (QED) is 0.282. The van der Waals surface area contributed by atoms with Gasteiger partial charge in [-0.25, -0.2) is 0 Å². The Balaban J connectivity index is 1.69. The summed E-state index contributed by atoms with van der Waals surface area (Å²) >= 11 is 1.30. The summed E-state index contributed by atoms with van der Waals surface area (Å²) in [4.78, 5) is 22.6. The fourth-order valence-corrected chi connectivity index (χ4v) is 3.63. The molecule has 0 atom stereocenters. The zero-order valence-corrected chi connectivity index (χ0v) is 18.1. The number of carbonyl (C=O) groups excluding carboxylic acids is 1. The van der Waals surface area contributed by atoms with Gasteiger partial charge in [0.05, 0.1) is 17.8 Å². The standard InChI is InChI=1S/C21H23N5O4S/c1-3-4-13-25-20(15-5-11-18(30-2)12-6-15)23-24-21(25)31-14-19(27)22-16-7-9-17(10-8-16)26(28)29/h5-12H,3-4,13-14H2,1-2H3,(H,22,27). The molecule has 0 aliphatic rings. The third-order valence-corrected chi connectivity index (χ3v) is 5.46. The number of rotatable bonds is 10. The number of carbonyl (C=O) groups is 1. The van der Waals surface area contributed by atoms with Crippen molar-refractivity contribution in [3.63, 3.8) is 0 Å². The molecule has 1 heterocycles. The van der Waals surface area contributed by atoms with E-state index in [0.717, 1.165) is 36.5 Å². The minimum Gasteiger partial charge on any atom is -0.497 e. The van der Waals surface area contributed by atoms with Crippen molar-refractivity contribution in [2.75, 3.05) is 18.2 Å². The van der Waals surface area contributed by atoms with Crippen LogP contribution < -0.4 is 10.1 Å². The molecule has 0 bridgehead atoms. The largest absolute Gasteiger partial charge is 0.497 e. The van der Waals surface area contributed by atoms with Crippen LogP contribution in [0.3, 0.4) is 0 Å². The first kappa shape index (κ1) is 22.3. The predicted octanol–water partition coefficient (Wildman–Crippen LogP) is 4.39. The van der Waals surface area contributed by atoms with Gasteiger partial charge in [-0.05, 0) is 42.8 Å². The van der Waals surface area contributed by atoms with Gasteiger partial charge in [0, 0.05) is 29.9 Å². The first-order valence-corrected chi connectivity index (χ1v) is 10.7. The lowest BCUT2D eigenvalue weighted by Crippen LogP contribution is -2.14. The second-order valence-electron chi connectivity index (χ2n) is 6.68. The van der Waals surface area contributed by atoms with Crippen LogP contribution in [-0.4, -0.2) is 38.5 Å². The molecule has 9 nitrogen and oxygen atoms in total. The maximum absolute atomic E-state index is 12.3. The summed E-state index contributed by atoms with van der Waals surface area (Å²) < 4.78 is 7.24. The molecule has 162 valence electrons. The van der Waals surface area contributed by atoms with Crippen molar-refractivity contribution in [1.29, 1.82) is 0 Å². The number of anilines is 1. The number of nitrogens with one attached hydrogen (secondary N) is 1. The van der Waals surface area contributed by atoms with Gasteiger partial charge in [-0.2, -0.15) is 0 Å². The van der Waals surface area contributed by atoms with Gasteiger partial charge in [0.1, 0.15) is 5.75 Å². The van der Waals surface area contributed by atoms with Crippen LogP contribution in [0, 0.1) is 10.1 Å². The Morgan fingerprint density at radius 3 is 2.48 bits per heavy atom. The summed E-state index contributed by atoms with van der Waals surface area (Å²) in [7, 11) is 1.62. The highest BCUT2D eigenvalue weighted by Crippen LogP contribution is 2.26. The molecule has 3 rings (SSSR count). The molecule has 0 radical (unpaired) electrons. The lowest BCUT2D eigenvalue weighted by molar-refractivity contribution is -0.384. The molecule has 0 saturated carbocycles. The van der Waals surface area contributed by atoms with Gasteiger partial charge < -0.3 is 14.6 Å². The van der Waals surface area contributed by atoms with Crippen molar-refractivity contribution in [3.8, 4) is 17.1 Å². The van der Waals surface area contributed by atoms with E-state index in [1.54, 1.807) is 7.11 Å². The lowest BCUT2D eigenvalue weighted by Gasteiger charge is -2.10. The smallest absolute Gasteiger partial charge is 0.269 e. The zero-order valence-electron chi connectivity index (χ0n) is 17.3. The van der Waals surface area contributed by atoms with Crippen LogP contribution in [0.5, 0.6) is 5.75 Å². The summed E-state index contributed by atoms with van der Waals surface area (Å²) in [6.45, 7) is 2.86. The van der Waals surface area contributed by atoms with Gasteiger partial charge in [0.15, 0.2) is 11.0 Å². The van der Waals surface area contributed by atoms with Crippen molar-refractivity contribution >= 4 is 29.0 Å². The third kappa shape index (κ3) is 5.82. The lowest BCUT2D eigenvalue weighted by atomic mass is 10.2. The number of non-ortho nitro benzene ring substituents is 1. The Bertz CT molecular complexity index is 1030. The highest BCUT2D eigenvalue weighted by Gasteiger charge is 2.16. The fourth-order valence-electron chi connectivity index (χ4n) is 2.86. The minimum atomic E-state index is -0.481. The summed E-state index contributed by atoms with van der Waals surface area (Å²) in [5, 5.41) is 22.8. The van der Waals surface area contributed by atoms with Gasteiger partial charge in [0.25, 0.3) is 5.69 Å². The summed E-state index contributed by atoms with van der Waals surface area (Å²) in [6.07, 6.45) is 1.98. The first-order chi connectivity index (χ1) is 15.0. The summed E-state index contributed by atoms with van der Waals surface area (Å²) in [5.41, 5.74) is 1.40. The van der Waals surface area contributed by atoms with E-state index < -0.39 is 4.92 Å². The van der Waals surface area contributed by atoms with Crippen molar-refractivity contribution in [1.82, 2.24) is 14.8 Å². The van der Waals surface area contributed by atoms with Gasteiger partial charge in [-0.1, -0.05) is 25.1 Å². The molecule has 0 aliphatic heterocycles. The van der Waals surface area contributed by atoms with Crippen LogP contribution in [-0.2, 0) is 11.3 Å². The number of aromatic nitrogens is 3. The molecule has 0 unspecified atom stereocenters. The van der Waals surface area contributed by atoms with Gasteiger partial charge >= 0.3 is 0 Å². The Morgan fingerprint density at radius 1 is 1.16 bits per heavy atom. The molecule has 0 spiro atoms. The number of nitrogens with zero attached hydrogens (tertiary/aromatic N) is 4. The molecule has 10 heteroatoms. The molecule has 2 aromatic carbocycles. The molecule has 31 heavy (non-hydrogen) atoms. The van der Waals surface area contributed by atoms with Gasteiger partial charge in [-0.3, -0.25) is 14.9 Å². The minimum absolute atomic E-state index is 0.0255. The normalized spacial score (nSPS) is 10.6. The number of thioether (sulfide) groups is 1. The first-order valence-electron chi connectivity index (χ1n) is 9.76. The van der Waals surface area contributed by atoms with Crippen LogP contribution in [0.15, 0.2) is 53.7 Å². The second-order valence-corrected chi connectivity index (χ2v) is 7.62. The average Bonchev–Trinajstić information content (AvgIpc) is 3.19. The summed E-state index contributed by atoms with van der Waals surface area (Å²) in [6, 6.07) is 13.3. The predicted molar refractivity (Wildman–Crippen MR) is 119 cm³/mol. The molecule has 0 aliphatic carbocycles. The van der Waals surface area contributed by atoms with Crippen LogP contribution >= 0.6 is 11.8 Å². The van der Waals surface area contributed by atoms with Crippen LogP contribution in [0.2, 0.25) is 0 Å². The van der Waals surface area contributed by atoms with E-state index in [0.29, 0.717) is 10.8 Å². The van der Waals surface area contributed by atoms with Gasteiger partial charge in [0.2, 0.25) is 5.91 Å². The maximum atomic E-state index is 12.3. The van der Waals surface area contributed by atoms with Crippen molar-refractivity contribution in [2.24, 2.45) is 0 Å². The van der Waals surface area contributed by atoms with Crippen molar-refractivity contribution in [2.45, 2.75) is 31.5 Å². The highest BCUT2D eigenvalue weighted by atomic mass is 32.2. The monoisotopic (exact) mass is 441 g/mol. The number of nitro benzene ring substituents is 1. The summed E-state index contributed by atoms with van der Waals surface area (Å²) in [5.74, 6) is 1.43. The highest BCUT2D eigenvalue weighted by molar-refractivity contribution is 7.99. The van der Waals surface area contributed by atoms with E-state index in [4.69, 9.17) is 4.74 Å². The number of hydrogen-bond donors (Lipinski definition) is 1. The molecule has 1 N–H and O–H groups in total. The van der Waals surface area contributed by atoms with E-state index in [1.165, 1.54) is 36.0 Å². The Hall–Kier alpha value is -3.40. The Labute approximate surface area is 184 Å². The molecule has 1 aromatic heterocycles. The number of benzene rings is 2. The van der Waals surface area contributed by atoms with Crippen molar-refractivity contribution < 1.29 is 14.5 Å². The zero-order chi connectivity index (χ0) is 22.2. The molecule has 3 aromatic rings. The number of amides is 1. The van der Waals surface area contributed by atoms with E-state index >= 15 is 0 Å². The molecule has 1 amide bonds. The third-order valence-electron chi connectivity index (χ3n) is 4.49. The molecule has 0 fully saturated rings. The van der Waals surface area contributed by atoms with Crippen LogP contribution in [0.4, 0.5) is 11.4 Å². The number of ether oxygens (including phenoxy) is 1. The van der Waals surface area contributed by atoms with E-state index in [1.807, 2.05) is 28.8 Å². The Kier molecular flexibility index (Phi) is 7.60.